The second kappa shape index (κ2) is 7.82. The van der Waals surface area contributed by atoms with Gasteiger partial charge in [0, 0.05) is 25.7 Å². The van der Waals surface area contributed by atoms with Gasteiger partial charge in [-0.15, -0.1) is 0 Å². The van der Waals surface area contributed by atoms with E-state index in [1.807, 2.05) is 13.8 Å². The van der Waals surface area contributed by atoms with Gasteiger partial charge in [0.05, 0.1) is 6.61 Å². The second-order valence-corrected chi connectivity index (χ2v) is 5.59. The zero-order chi connectivity index (χ0) is 14.4. The lowest BCUT2D eigenvalue weighted by Crippen LogP contribution is -2.47. The van der Waals surface area contributed by atoms with Gasteiger partial charge in [0.25, 0.3) is 0 Å². The van der Waals surface area contributed by atoms with E-state index >= 15 is 0 Å². The molecule has 0 aromatic rings. The predicted octanol–water partition coefficient (Wildman–Crippen LogP) is 0.410. The van der Waals surface area contributed by atoms with Crippen LogP contribution in [0.25, 0.3) is 0 Å². The fourth-order valence-electron chi connectivity index (χ4n) is 2.84. The molecule has 112 valence electrons. The first-order valence-electron chi connectivity index (χ1n) is 7.28. The third-order valence-electron chi connectivity index (χ3n) is 3.77. The Labute approximate surface area is 117 Å². The van der Waals surface area contributed by atoms with Crippen molar-refractivity contribution >= 4 is 5.97 Å². The lowest BCUT2D eigenvalue weighted by molar-refractivity contribution is -0.146. The fraction of sp³-hybridized carbons (Fsp3) is 0.929. The normalized spacial score (nSPS) is 25.8. The van der Waals surface area contributed by atoms with Crippen LogP contribution in [0.2, 0.25) is 0 Å². The van der Waals surface area contributed by atoms with Crippen molar-refractivity contribution < 1.29 is 9.53 Å². The molecule has 0 spiro atoms. The molecule has 19 heavy (non-hydrogen) atoms. The van der Waals surface area contributed by atoms with Gasteiger partial charge in [0.1, 0.15) is 6.04 Å². The highest BCUT2D eigenvalue weighted by Crippen LogP contribution is 2.20. The molecule has 5 heteroatoms. The molecular formula is C14H29N3O2. The number of nitrogens with zero attached hydrogens (tertiary/aromatic N) is 2. The van der Waals surface area contributed by atoms with Crippen molar-refractivity contribution in [2.24, 2.45) is 5.92 Å². The van der Waals surface area contributed by atoms with E-state index in [9.17, 15) is 4.79 Å². The quantitative estimate of drug-likeness (QED) is 0.680. The molecule has 1 N–H and O–H groups in total. The minimum Gasteiger partial charge on any atom is -0.465 e. The molecule has 1 rings (SSSR count). The lowest BCUT2D eigenvalue weighted by atomic mass is 10.1. The highest BCUT2D eigenvalue weighted by Gasteiger charge is 2.33. The van der Waals surface area contributed by atoms with Crippen LogP contribution in [0.15, 0.2) is 0 Å². The van der Waals surface area contributed by atoms with Crippen LogP contribution in [-0.4, -0.2) is 74.7 Å². The number of carbonyl (C=O) groups excluding carboxylic acids is 1. The lowest BCUT2D eigenvalue weighted by Gasteiger charge is -2.24. The van der Waals surface area contributed by atoms with Crippen molar-refractivity contribution in [1.29, 1.82) is 0 Å². The van der Waals surface area contributed by atoms with E-state index in [1.54, 1.807) is 0 Å². The summed E-state index contributed by atoms with van der Waals surface area (Å²) in [7, 11) is 4.25. The largest absolute Gasteiger partial charge is 0.465 e. The molecule has 0 aromatic heterocycles. The Morgan fingerprint density at radius 1 is 1.42 bits per heavy atom. The number of hydrogen-bond donors (Lipinski definition) is 1. The van der Waals surface area contributed by atoms with Gasteiger partial charge < -0.3 is 15.0 Å². The molecule has 1 saturated heterocycles. The third-order valence-corrected chi connectivity index (χ3v) is 3.77. The van der Waals surface area contributed by atoms with E-state index in [2.05, 4.69) is 36.1 Å². The van der Waals surface area contributed by atoms with Crippen LogP contribution in [0, 0.1) is 5.92 Å². The molecule has 0 aromatic carbocycles. The van der Waals surface area contributed by atoms with Crippen LogP contribution in [-0.2, 0) is 9.53 Å². The van der Waals surface area contributed by atoms with Gasteiger partial charge in [-0.25, -0.2) is 0 Å². The summed E-state index contributed by atoms with van der Waals surface area (Å²) in [4.78, 5) is 16.5. The average Bonchev–Trinajstić information content (AvgIpc) is 2.70. The molecule has 3 atom stereocenters. The van der Waals surface area contributed by atoms with Crippen LogP contribution < -0.4 is 5.32 Å². The maximum atomic E-state index is 11.9. The summed E-state index contributed by atoms with van der Waals surface area (Å²) in [5.41, 5.74) is 0. The minimum atomic E-state index is -0.210. The highest BCUT2D eigenvalue weighted by atomic mass is 16.5. The van der Waals surface area contributed by atoms with Gasteiger partial charge in [0.2, 0.25) is 0 Å². The first-order valence-corrected chi connectivity index (χ1v) is 7.28. The summed E-state index contributed by atoms with van der Waals surface area (Å²) in [6, 6.07) is 0.363. The van der Waals surface area contributed by atoms with E-state index in [4.69, 9.17) is 4.74 Å². The molecule has 0 aliphatic carbocycles. The van der Waals surface area contributed by atoms with E-state index in [0.29, 0.717) is 18.6 Å². The molecule has 1 fully saturated rings. The number of ether oxygens (including phenoxy) is 1. The average molecular weight is 271 g/mol. The maximum absolute atomic E-state index is 11.9. The Hall–Kier alpha value is -0.650. The zero-order valence-corrected chi connectivity index (χ0v) is 13.0. The molecule has 5 nitrogen and oxygen atoms in total. The standard InChI is InChI=1S/C14H29N3O2/c1-6-15-12(14(18)19-7-2)9-17-8-11(3)13(10-17)16(4)5/h11-13,15H,6-10H2,1-5H3. The molecule has 0 radical (unpaired) electrons. The first kappa shape index (κ1) is 16.4. The summed E-state index contributed by atoms with van der Waals surface area (Å²) >= 11 is 0. The Morgan fingerprint density at radius 2 is 2.11 bits per heavy atom. The maximum Gasteiger partial charge on any atom is 0.324 e. The zero-order valence-electron chi connectivity index (χ0n) is 13.0. The number of likely N-dealkylation sites (tertiary alicyclic amines) is 1. The van der Waals surface area contributed by atoms with Crippen LogP contribution in [0.3, 0.4) is 0 Å². The summed E-state index contributed by atoms with van der Waals surface area (Å²) in [6.07, 6.45) is 0. The van der Waals surface area contributed by atoms with E-state index in [0.717, 1.165) is 26.2 Å². The molecule has 0 bridgehead atoms. The molecule has 1 aliphatic heterocycles. The van der Waals surface area contributed by atoms with Crippen LogP contribution in [0.5, 0.6) is 0 Å². The summed E-state index contributed by atoms with van der Waals surface area (Å²) in [5.74, 6) is 0.504. The van der Waals surface area contributed by atoms with Gasteiger partial charge >= 0.3 is 5.97 Å². The Balaban J connectivity index is 2.53. The Kier molecular flexibility index (Phi) is 6.75. The van der Waals surface area contributed by atoms with Gasteiger partial charge in [-0.1, -0.05) is 13.8 Å². The first-order chi connectivity index (χ1) is 8.99. The third kappa shape index (κ3) is 4.75. The predicted molar refractivity (Wildman–Crippen MR) is 77.2 cm³/mol. The molecule has 0 amide bonds. The number of carbonyl (C=O) groups is 1. The molecule has 0 saturated carbocycles. The second-order valence-electron chi connectivity index (χ2n) is 5.59. The van der Waals surface area contributed by atoms with Crippen molar-refractivity contribution in [2.45, 2.75) is 32.9 Å². The minimum absolute atomic E-state index is 0.134. The van der Waals surface area contributed by atoms with E-state index < -0.39 is 0 Å². The summed E-state index contributed by atoms with van der Waals surface area (Å²) < 4.78 is 5.13. The number of nitrogens with one attached hydrogen (secondary N) is 1. The van der Waals surface area contributed by atoms with Crippen LogP contribution >= 0.6 is 0 Å². The van der Waals surface area contributed by atoms with Gasteiger partial charge in [-0.2, -0.15) is 0 Å². The summed E-state index contributed by atoms with van der Waals surface area (Å²) in [6.45, 7) is 10.2. The molecule has 1 aliphatic rings. The molecule has 3 unspecified atom stereocenters. The monoisotopic (exact) mass is 271 g/mol. The van der Waals surface area contributed by atoms with Crippen molar-refractivity contribution in [1.82, 2.24) is 15.1 Å². The smallest absolute Gasteiger partial charge is 0.324 e. The van der Waals surface area contributed by atoms with Crippen molar-refractivity contribution in [2.75, 3.05) is 46.9 Å². The van der Waals surface area contributed by atoms with Gasteiger partial charge in [-0.3, -0.25) is 9.69 Å². The van der Waals surface area contributed by atoms with Gasteiger partial charge in [0.15, 0.2) is 0 Å². The van der Waals surface area contributed by atoms with Gasteiger partial charge in [-0.05, 0) is 33.5 Å². The Morgan fingerprint density at radius 3 is 2.58 bits per heavy atom. The number of hydrogen-bond acceptors (Lipinski definition) is 5. The fourth-order valence-corrected chi connectivity index (χ4v) is 2.84. The number of rotatable bonds is 7. The van der Waals surface area contributed by atoms with Crippen LogP contribution in [0.1, 0.15) is 20.8 Å². The summed E-state index contributed by atoms with van der Waals surface area (Å²) in [5, 5.41) is 3.22. The molecular weight excluding hydrogens is 242 g/mol. The van der Waals surface area contributed by atoms with Crippen molar-refractivity contribution in [3.63, 3.8) is 0 Å². The number of esters is 1. The van der Waals surface area contributed by atoms with Crippen molar-refractivity contribution in [3.8, 4) is 0 Å². The SMILES string of the molecule is CCNC(CN1CC(C)C(N(C)C)C1)C(=O)OCC. The highest BCUT2D eigenvalue weighted by molar-refractivity contribution is 5.76. The topological polar surface area (TPSA) is 44.8 Å². The Bertz CT molecular complexity index is 284. The van der Waals surface area contributed by atoms with E-state index in [1.165, 1.54) is 0 Å². The number of likely N-dealkylation sites (N-methyl/N-ethyl adjacent to an activating group) is 2. The van der Waals surface area contributed by atoms with E-state index in [-0.39, 0.29) is 12.0 Å². The van der Waals surface area contributed by atoms with Crippen molar-refractivity contribution in [3.05, 3.63) is 0 Å². The molecule has 1 heterocycles. The van der Waals surface area contributed by atoms with Crippen LogP contribution in [0.4, 0.5) is 0 Å².